The van der Waals surface area contributed by atoms with Gasteiger partial charge in [0.2, 0.25) is 0 Å². The molecule has 4 heteroatoms. The first kappa shape index (κ1) is 11.3. The van der Waals surface area contributed by atoms with Gasteiger partial charge < -0.3 is 14.7 Å². The van der Waals surface area contributed by atoms with Gasteiger partial charge in [0.05, 0.1) is 12.1 Å². The zero-order valence-corrected chi connectivity index (χ0v) is 9.28. The van der Waals surface area contributed by atoms with Gasteiger partial charge in [-0.05, 0) is 34.1 Å². The van der Waals surface area contributed by atoms with Gasteiger partial charge in [-0.25, -0.2) is 4.79 Å². The van der Waals surface area contributed by atoms with Crippen LogP contribution in [0.3, 0.4) is 0 Å². The zero-order valence-electron chi connectivity index (χ0n) is 9.28. The maximum atomic E-state index is 11.6. The van der Waals surface area contributed by atoms with E-state index in [-0.39, 0.29) is 12.1 Å². The summed E-state index contributed by atoms with van der Waals surface area (Å²) in [5.74, 6) is 0. The summed E-state index contributed by atoms with van der Waals surface area (Å²) in [4.78, 5) is 13.2. The fraction of sp³-hybridized carbons (Fsp3) is 0.900. The summed E-state index contributed by atoms with van der Waals surface area (Å²) in [5.41, 5.74) is -0.468. The van der Waals surface area contributed by atoms with Crippen molar-refractivity contribution in [1.82, 2.24) is 4.90 Å². The highest BCUT2D eigenvalue weighted by Gasteiger charge is 2.34. The number of nitrogens with zero attached hydrogens (tertiary/aromatic N) is 1. The van der Waals surface area contributed by atoms with Gasteiger partial charge in [0.1, 0.15) is 5.60 Å². The van der Waals surface area contributed by atoms with E-state index >= 15 is 0 Å². The molecule has 1 rings (SSSR count). The van der Waals surface area contributed by atoms with Crippen molar-refractivity contribution in [3.8, 4) is 0 Å². The number of aliphatic hydroxyl groups excluding tert-OH is 1. The lowest BCUT2D eigenvalue weighted by Gasteiger charge is -2.27. The molecule has 0 radical (unpaired) electrons. The highest BCUT2D eigenvalue weighted by Crippen LogP contribution is 2.20. The second-order valence-corrected chi connectivity index (χ2v) is 4.77. The quantitative estimate of drug-likeness (QED) is 0.644. The number of likely N-dealkylation sites (tertiary alicyclic amines) is 1. The van der Waals surface area contributed by atoms with Crippen LogP contribution in [0.25, 0.3) is 0 Å². The van der Waals surface area contributed by atoms with E-state index in [1.54, 1.807) is 4.90 Å². The standard InChI is InChI=1S/C10H19NO3/c1-7-8(12)5-6-11(7)9(13)14-10(2,3)4/h7-8,12H,5-6H2,1-4H3/t7-,8+/m1/s1. The lowest BCUT2D eigenvalue weighted by Crippen LogP contribution is -2.40. The van der Waals surface area contributed by atoms with Gasteiger partial charge in [-0.2, -0.15) is 0 Å². The van der Waals surface area contributed by atoms with E-state index in [9.17, 15) is 9.90 Å². The van der Waals surface area contributed by atoms with Gasteiger partial charge in [0, 0.05) is 6.54 Å². The normalized spacial score (nSPS) is 27.9. The molecule has 0 aromatic rings. The van der Waals surface area contributed by atoms with E-state index < -0.39 is 11.7 Å². The summed E-state index contributed by atoms with van der Waals surface area (Å²) in [5, 5.41) is 9.47. The van der Waals surface area contributed by atoms with E-state index in [1.807, 2.05) is 27.7 Å². The molecule has 4 nitrogen and oxygen atoms in total. The monoisotopic (exact) mass is 201 g/mol. The minimum atomic E-state index is -0.468. The molecule has 1 aliphatic rings. The summed E-state index contributed by atoms with van der Waals surface area (Å²) in [7, 11) is 0. The van der Waals surface area contributed by atoms with Crippen LogP contribution >= 0.6 is 0 Å². The molecule has 1 N–H and O–H groups in total. The summed E-state index contributed by atoms with van der Waals surface area (Å²) in [6.45, 7) is 7.92. The van der Waals surface area contributed by atoms with Crippen molar-refractivity contribution in [3.63, 3.8) is 0 Å². The molecule has 0 unspecified atom stereocenters. The molecule has 1 aliphatic heterocycles. The molecule has 1 heterocycles. The Morgan fingerprint density at radius 2 is 2.07 bits per heavy atom. The van der Waals surface area contributed by atoms with Gasteiger partial charge in [0.15, 0.2) is 0 Å². The van der Waals surface area contributed by atoms with Gasteiger partial charge >= 0.3 is 6.09 Å². The Labute approximate surface area is 84.8 Å². The van der Waals surface area contributed by atoms with E-state index in [0.29, 0.717) is 13.0 Å². The number of hydrogen-bond donors (Lipinski definition) is 1. The molecular weight excluding hydrogens is 182 g/mol. The molecule has 2 atom stereocenters. The average molecular weight is 201 g/mol. The molecule has 1 fully saturated rings. The topological polar surface area (TPSA) is 49.8 Å². The Morgan fingerprint density at radius 3 is 2.43 bits per heavy atom. The fourth-order valence-electron chi connectivity index (χ4n) is 1.50. The van der Waals surface area contributed by atoms with Crippen molar-refractivity contribution >= 4 is 6.09 Å². The van der Waals surface area contributed by atoms with E-state index in [0.717, 1.165) is 0 Å². The molecule has 0 saturated carbocycles. The second-order valence-electron chi connectivity index (χ2n) is 4.77. The maximum absolute atomic E-state index is 11.6. The van der Waals surface area contributed by atoms with Crippen molar-refractivity contribution in [2.45, 2.75) is 51.9 Å². The third kappa shape index (κ3) is 2.61. The van der Waals surface area contributed by atoms with Crippen molar-refractivity contribution in [2.75, 3.05) is 6.54 Å². The van der Waals surface area contributed by atoms with Crippen LogP contribution in [0.1, 0.15) is 34.1 Å². The van der Waals surface area contributed by atoms with Crippen molar-refractivity contribution in [3.05, 3.63) is 0 Å². The van der Waals surface area contributed by atoms with Crippen LogP contribution in [0.15, 0.2) is 0 Å². The van der Waals surface area contributed by atoms with Crippen LogP contribution in [-0.4, -0.2) is 40.4 Å². The molecule has 1 saturated heterocycles. The lowest BCUT2D eigenvalue weighted by molar-refractivity contribution is 0.0178. The van der Waals surface area contributed by atoms with Crippen molar-refractivity contribution < 1.29 is 14.6 Å². The molecule has 0 aromatic heterocycles. The molecule has 1 amide bonds. The minimum absolute atomic E-state index is 0.134. The third-order valence-corrected chi connectivity index (χ3v) is 2.34. The average Bonchev–Trinajstić information content (AvgIpc) is 2.29. The molecule has 14 heavy (non-hydrogen) atoms. The first-order valence-electron chi connectivity index (χ1n) is 4.99. The van der Waals surface area contributed by atoms with Crippen LogP contribution < -0.4 is 0 Å². The number of hydrogen-bond acceptors (Lipinski definition) is 3. The third-order valence-electron chi connectivity index (χ3n) is 2.34. The van der Waals surface area contributed by atoms with E-state index in [2.05, 4.69) is 0 Å². The Morgan fingerprint density at radius 1 is 1.50 bits per heavy atom. The van der Waals surface area contributed by atoms with Crippen LogP contribution in [0, 0.1) is 0 Å². The smallest absolute Gasteiger partial charge is 0.410 e. The fourth-order valence-corrected chi connectivity index (χ4v) is 1.50. The predicted octanol–water partition coefficient (Wildman–Crippen LogP) is 1.38. The number of carbonyl (C=O) groups is 1. The molecule has 82 valence electrons. The Balaban J connectivity index is 2.54. The summed E-state index contributed by atoms with van der Waals surface area (Å²) in [6.07, 6.45) is -0.107. The molecular formula is C10H19NO3. The SMILES string of the molecule is C[C@@H]1[C@@H](O)CCN1C(=O)OC(C)(C)C. The first-order chi connectivity index (χ1) is 6.31. The molecule has 0 bridgehead atoms. The molecule has 0 aliphatic carbocycles. The molecule has 0 aromatic carbocycles. The Hall–Kier alpha value is -0.770. The van der Waals surface area contributed by atoms with Crippen molar-refractivity contribution in [2.24, 2.45) is 0 Å². The summed E-state index contributed by atoms with van der Waals surface area (Å²) >= 11 is 0. The van der Waals surface area contributed by atoms with Gasteiger partial charge in [-0.3, -0.25) is 0 Å². The van der Waals surface area contributed by atoms with Gasteiger partial charge in [0.25, 0.3) is 0 Å². The van der Waals surface area contributed by atoms with Gasteiger partial charge in [-0.15, -0.1) is 0 Å². The summed E-state index contributed by atoms with van der Waals surface area (Å²) < 4.78 is 5.22. The summed E-state index contributed by atoms with van der Waals surface area (Å²) in [6, 6.07) is -0.134. The van der Waals surface area contributed by atoms with Crippen molar-refractivity contribution in [1.29, 1.82) is 0 Å². The number of aliphatic hydroxyl groups is 1. The van der Waals surface area contributed by atoms with Gasteiger partial charge in [-0.1, -0.05) is 0 Å². The maximum Gasteiger partial charge on any atom is 0.410 e. The van der Waals surface area contributed by atoms with E-state index in [4.69, 9.17) is 4.74 Å². The number of ether oxygens (including phenoxy) is 1. The predicted molar refractivity (Wildman–Crippen MR) is 53.0 cm³/mol. The number of rotatable bonds is 0. The van der Waals surface area contributed by atoms with E-state index in [1.165, 1.54) is 0 Å². The Kier molecular flexibility index (Phi) is 3.04. The minimum Gasteiger partial charge on any atom is -0.444 e. The van der Waals surface area contributed by atoms with Crippen LogP contribution in [0.5, 0.6) is 0 Å². The highest BCUT2D eigenvalue weighted by molar-refractivity contribution is 5.69. The van der Waals surface area contributed by atoms with Crippen LogP contribution in [-0.2, 0) is 4.74 Å². The largest absolute Gasteiger partial charge is 0.444 e. The van der Waals surface area contributed by atoms with Crippen LogP contribution in [0.2, 0.25) is 0 Å². The Bertz CT molecular complexity index is 222. The number of carbonyl (C=O) groups excluding carboxylic acids is 1. The molecule has 0 spiro atoms. The van der Waals surface area contributed by atoms with Crippen LogP contribution in [0.4, 0.5) is 4.79 Å². The zero-order chi connectivity index (χ0) is 10.9. The second kappa shape index (κ2) is 3.77. The first-order valence-corrected chi connectivity index (χ1v) is 4.99. The lowest BCUT2D eigenvalue weighted by atomic mass is 10.2. The number of amides is 1. The highest BCUT2D eigenvalue weighted by atomic mass is 16.6.